The molecule has 2 aromatic carbocycles. The molecule has 0 aromatic heterocycles. The predicted molar refractivity (Wildman–Crippen MR) is 129 cm³/mol. The van der Waals surface area contributed by atoms with E-state index in [0.29, 0.717) is 0 Å². The smallest absolute Gasteiger partial charge is 0.407 e. The standard InChI is InChI=1S/C26H32N2O7/c1-26(2,3)35-15-22(24(30)31)28-23(29)16-33-13-12-27-25(32)34-14-21-19-10-6-4-8-17(19)18-9-5-7-11-20(18)21/h4-11,21-22H,12-16H2,1-3H3,(H,27,32)(H,28,29)(H,30,31)/t22-/m0/s1. The van der Waals surface area contributed by atoms with Gasteiger partial charge >= 0.3 is 12.1 Å². The number of hydrogen-bond donors (Lipinski definition) is 3. The van der Waals surface area contributed by atoms with Gasteiger partial charge in [0.1, 0.15) is 13.2 Å². The maximum Gasteiger partial charge on any atom is 0.407 e. The zero-order valence-corrected chi connectivity index (χ0v) is 20.2. The normalized spacial score (nSPS) is 13.5. The topological polar surface area (TPSA) is 123 Å². The lowest BCUT2D eigenvalue weighted by atomic mass is 9.98. The van der Waals surface area contributed by atoms with Crippen molar-refractivity contribution in [2.75, 3.05) is 33.0 Å². The van der Waals surface area contributed by atoms with Crippen LogP contribution in [0.3, 0.4) is 0 Å². The van der Waals surface area contributed by atoms with Gasteiger partial charge in [-0.3, -0.25) is 4.79 Å². The molecule has 0 spiro atoms. The predicted octanol–water partition coefficient (Wildman–Crippen LogP) is 2.93. The Labute approximate surface area is 204 Å². The van der Waals surface area contributed by atoms with E-state index in [-0.39, 0.29) is 38.9 Å². The molecule has 0 radical (unpaired) electrons. The number of carbonyl (C=O) groups excluding carboxylic acids is 2. The molecule has 0 heterocycles. The van der Waals surface area contributed by atoms with E-state index in [1.54, 1.807) is 20.8 Å². The first kappa shape index (κ1) is 26.2. The van der Waals surface area contributed by atoms with E-state index in [1.807, 2.05) is 36.4 Å². The largest absolute Gasteiger partial charge is 0.480 e. The summed E-state index contributed by atoms with van der Waals surface area (Å²) in [4.78, 5) is 35.4. The van der Waals surface area contributed by atoms with Crippen molar-refractivity contribution >= 4 is 18.0 Å². The minimum Gasteiger partial charge on any atom is -0.480 e. The highest BCUT2D eigenvalue weighted by atomic mass is 16.5. The summed E-state index contributed by atoms with van der Waals surface area (Å²) in [5, 5.41) is 14.2. The molecular formula is C26H32N2O7. The molecule has 1 aliphatic rings. The molecule has 3 rings (SSSR count). The van der Waals surface area contributed by atoms with Crippen molar-refractivity contribution in [3.05, 3.63) is 59.7 Å². The molecule has 2 amide bonds. The summed E-state index contributed by atoms with van der Waals surface area (Å²) < 4.78 is 16.1. The molecule has 0 saturated carbocycles. The molecule has 1 atom stereocenters. The van der Waals surface area contributed by atoms with Crippen LogP contribution < -0.4 is 10.6 Å². The van der Waals surface area contributed by atoms with Gasteiger partial charge < -0.3 is 30.0 Å². The van der Waals surface area contributed by atoms with Crippen LogP contribution in [0.15, 0.2) is 48.5 Å². The van der Waals surface area contributed by atoms with Crippen molar-refractivity contribution in [1.82, 2.24) is 10.6 Å². The Morgan fingerprint density at radius 3 is 2.17 bits per heavy atom. The fourth-order valence-corrected chi connectivity index (χ4v) is 3.78. The number of amides is 2. The van der Waals surface area contributed by atoms with Crippen LogP contribution in [-0.4, -0.2) is 67.7 Å². The number of carboxylic acids is 1. The number of fused-ring (bicyclic) bond motifs is 3. The average Bonchev–Trinajstić information content (AvgIpc) is 3.13. The van der Waals surface area contributed by atoms with Crippen molar-refractivity contribution in [3.63, 3.8) is 0 Å². The van der Waals surface area contributed by atoms with Gasteiger partial charge in [-0.1, -0.05) is 48.5 Å². The molecule has 0 unspecified atom stereocenters. The molecule has 188 valence electrons. The van der Waals surface area contributed by atoms with E-state index < -0.39 is 29.6 Å². The lowest BCUT2D eigenvalue weighted by Crippen LogP contribution is -2.46. The summed E-state index contributed by atoms with van der Waals surface area (Å²) >= 11 is 0. The Morgan fingerprint density at radius 1 is 1.00 bits per heavy atom. The maximum atomic E-state index is 12.1. The van der Waals surface area contributed by atoms with E-state index in [1.165, 1.54) is 0 Å². The van der Waals surface area contributed by atoms with Gasteiger partial charge in [-0.05, 0) is 43.0 Å². The quantitative estimate of drug-likeness (QED) is 0.419. The van der Waals surface area contributed by atoms with Crippen LogP contribution in [-0.2, 0) is 23.8 Å². The molecule has 35 heavy (non-hydrogen) atoms. The Balaban J connectivity index is 1.36. The van der Waals surface area contributed by atoms with Crippen LogP contribution in [0.2, 0.25) is 0 Å². The third-order valence-electron chi connectivity index (χ3n) is 5.41. The van der Waals surface area contributed by atoms with Gasteiger partial charge in [0.2, 0.25) is 5.91 Å². The van der Waals surface area contributed by atoms with E-state index in [9.17, 15) is 19.5 Å². The van der Waals surface area contributed by atoms with Crippen LogP contribution >= 0.6 is 0 Å². The van der Waals surface area contributed by atoms with Crippen LogP contribution in [0.25, 0.3) is 11.1 Å². The van der Waals surface area contributed by atoms with Gasteiger partial charge in [0, 0.05) is 12.5 Å². The van der Waals surface area contributed by atoms with E-state index in [2.05, 4.69) is 22.8 Å². The molecule has 0 bridgehead atoms. The lowest BCUT2D eigenvalue weighted by Gasteiger charge is -2.23. The fraction of sp³-hybridized carbons (Fsp3) is 0.423. The summed E-state index contributed by atoms with van der Waals surface area (Å²) in [6.07, 6.45) is -0.579. The Kier molecular flexibility index (Phi) is 8.84. The summed E-state index contributed by atoms with van der Waals surface area (Å²) in [6, 6.07) is 15.0. The van der Waals surface area contributed by atoms with Crippen molar-refractivity contribution in [1.29, 1.82) is 0 Å². The first-order valence-electron chi connectivity index (χ1n) is 11.5. The zero-order chi connectivity index (χ0) is 25.4. The molecule has 0 aliphatic heterocycles. The third kappa shape index (κ3) is 7.53. The highest BCUT2D eigenvalue weighted by Crippen LogP contribution is 2.44. The molecule has 9 heteroatoms. The van der Waals surface area contributed by atoms with Gasteiger partial charge in [0.05, 0.1) is 18.8 Å². The number of nitrogens with one attached hydrogen (secondary N) is 2. The summed E-state index contributed by atoms with van der Waals surface area (Å²) in [5.74, 6) is -1.81. The second-order valence-corrected chi connectivity index (χ2v) is 9.19. The van der Waals surface area contributed by atoms with Gasteiger partial charge in [-0.25, -0.2) is 9.59 Å². The molecule has 0 fully saturated rings. The first-order chi connectivity index (χ1) is 16.7. The van der Waals surface area contributed by atoms with Crippen molar-refractivity contribution < 1.29 is 33.7 Å². The average molecular weight is 485 g/mol. The number of aliphatic carboxylic acids is 1. The monoisotopic (exact) mass is 484 g/mol. The number of alkyl carbamates (subject to hydrolysis) is 1. The fourth-order valence-electron chi connectivity index (χ4n) is 3.78. The highest BCUT2D eigenvalue weighted by molar-refractivity contribution is 5.84. The molecule has 9 nitrogen and oxygen atoms in total. The molecule has 0 saturated heterocycles. The zero-order valence-electron chi connectivity index (χ0n) is 20.2. The number of benzene rings is 2. The number of rotatable bonds is 11. The van der Waals surface area contributed by atoms with Gasteiger partial charge in [0.25, 0.3) is 0 Å². The van der Waals surface area contributed by atoms with Crippen LogP contribution in [0.5, 0.6) is 0 Å². The lowest BCUT2D eigenvalue weighted by molar-refractivity contribution is -0.146. The van der Waals surface area contributed by atoms with E-state index in [0.717, 1.165) is 22.3 Å². The summed E-state index contributed by atoms with van der Waals surface area (Å²) in [5.41, 5.74) is 4.03. The van der Waals surface area contributed by atoms with Crippen LogP contribution in [0, 0.1) is 0 Å². The van der Waals surface area contributed by atoms with E-state index >= 15 is 0 Å². The van der Waals surface area contributed by atoms with Gasteiger partial charge in [0.15, 0.2) is 6.04 Å². The Bertz CT molecular complexity index is 1000. The third-order valence-corrected chi connectivity index (χ3v) is 5.41. The van der Waals surface area contributed by atoms with Crippen molar-refractivity contribution in [3.8, 4) is 11.1 Å². The first-order valence-corrected chi connectivity index (χ1v) is 11.5. The molecule has 2 aromatic rings. The Morgan fingerprint density at radius 2 is 1.60 bits per heavy atom. The van der Waals surface area contributed by atoms with Crippen molar-refractivity contribution in [2.45, 2.75) is 38.3 Å². The van der Waals surface area contributed by atoms with E-state index in [4.69, 9.17) is 14.2 Å². The maximum absolute atomic E-state index is 12.1. The van der Waals surface area contributed by atoms with Crippen molar-refractivity contribution in [2.24, 2.45) is 0 Å². The minimum absolute atomic E-state index is 0.0301. The number of hydrogen-bond acceptors (Lipinski definition) is 6. The summed E-state index contributed by atoms with van der Waals surface area (Å²) in [7, 11) is 0. The molecule has 1 aliphatic carbocycles. The van der Waals surface area contributed by atoms with Gasteiger partial charge in [-0.15, -0.1) is 0 Å². The second kappa shape index (κ2) is 11.8. The summed E-state index contributed by atoms with van der Waals surface area (Å²) in [6.45, 7) is 5.28. The Hall–Kier alpha value is -3.43. The second-order valence-electron chi connectivity index (χ2n) is 9.19. The molecule has 3 N–H and O–H groups in total. The highest BCUT2D eigenvalue weighted by Gasteiger charge is 2.29. The van der Waals surface area contributed by atoms with Gasteiger partial charge in [-0.2, -0.15) is 0 Å². The number of carbonyl (C=O) groups is 3. The van der Waals surface area contributed by atoms with Crippen LogP contribution in [0.1, 0.15) is 37.8 Å². The minimum atomic E-state index is -1.19. The number of ether oxygens (including phenoxy) is 3. The number of carboxylic acid groups (broad SMARTS) is 1. The van der Waals surface area contributed by atoms with Crippen LogP contribution in [0.4, 0.5) is 4.79 Å². The SMILES string of the molecule is CC(C)(C)OC[C@H](NC(=O)COCCNC(=O)OCC1c2ccccc2-c2ccccc21)C(=O)O. The molecular weight excluding hydrogens is 452 g/mol.